The second-order valence-electron chi connectivity index (χ2n) is 9.36. The van der Waals surface area contributed by atoms with Crippen molar-refractivity contribution in [2.45, 2.75) is 57.6 Å². The fourth-order valence-corrected chi connectivity index (χ4v) is 5.15. The normalized spacial score (nSPS) is 18.4. The number of pyridine rings is 1. The summed E-state index contributed by atoms with van der Waals surface area (Å²) in [5.41, 5.74) is 3.47. The third-order valence-electron chi connectivity index (χ3n) is 6.90. The minimum Gasteiger partial charge on any atom is -0.370 e. The van der Waals surface area contributed by atoms with Crippen LogP contribution in [-0.2, 0) is 23.1 Å². The molecule has 0 radical (unpaired) electrons. The van der Waals surface area contributed by atoms with Gasteiger partial charge in [0.15, 0.2) is 0 Å². The maximum Gasteiger partial charge on any atom is 0.253 e. The molecule has 1 saturated heterocycles. The van der Waals surface area contributed by atoms with E-state index in [9.17, 15) is 9.59 Å². The lowest BCUT2D eigenvalue weighted by Crippen LogP contribution is -2.24. The van der Waals surface area contributed by atoms with Gasteiger partial charge in [0.2, 0.25) is 5.91 Å². The van der Waals surface area contributed by atoms with E-state index in [4.69, 9.17) is 9.72 Å². The van der Waals surface area contributed by atoms with Gasteiger partial charge in [0.05, 0.1) is 16.6 Å². The highest BCUT2D eigenvalue weighted by Gasteiger charge is 2.26. The minimum absolute atomic E-state index is 0.00956. The number of carbonyl (C=O) groups excluding carboxylic acids is 2. The van der Waals surface area contributed by atoms with Gasteiger partial charge in [-0.2, -0.15) is 0 Å². The van der Waals surface area contributed by atoms with Gasteiger partial charge in [0.1, 0.15) is 11.9 Å². The van der Waals surface area contributed by atoms with Crippen molar-refractivity contribution in [3.8, 4) is 0 Å². The number of nitrogens with zero attached hydrogens (tertiary/aromatic N) is 3. The average Bonchev–Trinajstić information content (AvgIpc) is 3.60. The number of imidazole rings is 1. The second kappa shape index (κ2) is 9.93. The fraction of sp³-hybridized carbons (Fsp3) is 0.462. The van der Waals surface area contributed by atoms with Crippen LogP contribution in [0.3, 0.4) is 0 Å². The molecule has 3 aromatic rings. The molecule has 1 atom stereocenters. The molecule has 8 heteroatoms. The average molecular weight is 462 g/mol. The molecule has 0 bridgehead atoms. The molecule has 2 N–H and O–H groups in total. The van der Waals surface area contributed by atoms with Crippen LogP contribution in [0.5, 0.6) is 0 Å². The van der Waals surface area contributed by atoms with Gasteiger partial charge in [0.25, 0.3) is 5.91 Å². The Morgan fingerprint density at radius 3 is 2.65 bits per heavy atom. The van der Waals surface area contributed by atoms with Crippen molar-refractivity contribution in [3.05, 3.63) is 53.6 Å². The highest BCUT2D eigenvalue weighted by Crippen LogP contribution is 2.33. The number of ether oxygens (including phenoxy) is 1. The third kappa shape index (κ3) is 4.82. The summed E-state index contributed by atoms with van der Waals surface area (Å²) >= 11 is 0. The van der Waals surface area contributed by atoms with Gasteiger partial charge < -0.3 is 19.9 Å². The van der Waals surface area contributed by atoms with Crippen molar-refractivity contribution in [2.75, 3.05) is 11.9 Å². The lowest BCUT2D eigenvalue weighted by atomic mass is 10.0. The summed E-state index contributed by atoms with van der Waals surface area (Å²) in [6.07, 6.45) is 10.4. The molecule has 1 unspecified atom stereocenters. The van der Waals surface area contributed by atoms with Crippen LogP contribution in [0.25, 0.3) is 11.0 Å². The Balaban J connectivity index is 1.45. The number of aromatic nitrogens is 3. The predicted molar refractivity (Wildman–Crippen MR) is 129 cm³/mol. The summed E-state index contributed by atoms with van der Waals surface area (Å²) in [4.78, 5) is 34.9. The zero-order chi connectivity index (χ0) is 23.5. The molecule has 178 valence electrons. The lowest BCUT2D eigenvalue weighted by Gasteiger charge is -2.13. The van der Waals surface area contributed by atoms with Crippen molar-refractivity contribution in [1.29, 1.82) is 0 Å². The first kappa shape index (κ1) is 22.5. The smallest absolute Gasteiger partial charge is 0.253 e. The number of aryl methyl sites for hydroxylation is 1. The highest BCUT2D eigenvalue weighted by atomic mass is 16.5. The Kier molecular flexibility index (Phi) is 6.58. The summed E-state index contributed by atoms with van der Waals surface area (Å²) < 4.78 is 7.82. The van der Waals surface area contributed by atoms with Crippen molar-refractivity contribution >= 4 is 28.5 Å². The number of fused-ring (bicyclic) bond motifs is 1. The van der Waals surface area contributed by atoms with E-state index in [2.05, 4.69) is 15.6 Å². The van der Waals surface area contributed by atoms with E-state index in [1.807, 2.05) is 29.8 Å². The van der Waals surface area contributed by atoms with Gasteiger partial charge in [-0.3, -0.25) is 14.6 Å². The van der Waals surface area contributed by atoms with Crippen LogP contribution in [-0.4, -0.2) is 33.0 Å². The standard InChI is InChI=1S/C26H31N5O3/c1-31-24-20(26(33)28-16-18-8-10-27-11-9-18)14-19(29-23(32)13-17-5-2-3-6-17)15-21(24)30-25(31)22-7-4-12-34-22/h8-11,14-15,17,22H,2-7,12-13,16H2,1H3,(H,28,33)(H,29,32). The Hall–Kier alpha value is -3.26. The number of hydrogen-bond donors (Lipinski definition) is 2. The number of amides is 2. The SMILES string of the molecule is Cn1c(C2CCCO2)nc2cc(NC(=O)CC3CCCC3)cc(C(=O)NCc3ccncc3)c21. The van der Waals surface area contributed by atoms with E-state index >= 15 is 0 Å². The molecule has 2 fully saturated rings. The summed E-state index contributed by atoms with van der Waals surface area (Å²) in [5.74, 6) is 1.04. The number of anilines is 1. The lowest BCUT2D eigenvalue weighted by molar-refractivity contribution is -0.117. The molecule has 2 aliphatic rings. The number of carbonyl (C=O) groups is 2. The molecule has 1 aliphatic heterocycles. The second-order valence-corrected chi connectivity index (χ2v) is 9.36. The van der Waals surface area contributed by atoms with E-state index < -0.39 is 0 Å². The summed E-state index contributed by atoms with van der Waals surface area (Å²) in [7, 11) is 1.92. The Morgan fingerprint density at radius 1 is 1.12 bits per heavy atom. The van der Waals surface area contributed by atoms with Crippen molar-refractivity contribution in [1.82, 2.24) is 19.9 Å². The number of rotatable bonds is 7. The third-order valence-corrected chi connectivity index (χ3v) is 6.90. The van der Waals surface area contributed by atoms with Gasteiger partial charge in [-0.25, -0.2) is 4.98 Å². The van der Waals surface area contributed by atoms with Crippen LogP contribution in [0.15, 0.2) is 36.7 Å². The van der Waals surface area contributed by atoms with Crippen LogP contribution < -0.4 is 10.6 Å². The maximum absolute atomic E-state index is 13.3. The molecule has 1 aliphatic carbocycles. The molecular formula is C26H31N5O3. The van der Waals surface area contributed by atoms with E-state index in [0.29, 0.717) is 35.7 Å². The quantitative estimate of drug-likeness (QED) is 0.548. The van der Waals surface area contributed by atoms with Gasteiger partial charge in [-0.1, -0.05) is 12.8 Å². The highest BCUT2D eigenvalue weighted by molar-refractivity contribution is 6.07. The molecule has 34 heavy (non-hydrogen) atoms. The Morgan fingerprint density at radius 2 is 1.91 bits per heavy atom. The monoisotopic (exact) mass is 461 g/mol. The molecular weight excluding hydrogens is 430 g/mol. The first-order valence-electron chi connectivity index (χ1n) is 12.2. The molecule has 8 nitrogen and oxygen atoms in total. The van der Waals surface area contributed by atoms with Crippen molar-refractivity contribution < 1.29 is 14.3 Å². The van der Waals surface area contributed by atoms with Crippen molar-refractivity contribution in [2.24, 2.45) is 13.0 Å². The van der Waals surface area contributed by atoms with Crippen LogP contribution in [0.4, 0.5) is 5.69 Å². The molecule has 1 aromatic carbocycles. The van der Waals surface area contributed by atoms with Crippen LogP contribution in [0.1, 0.15) is 72.8 Å². The largest absolute Gasteiger partial charge is 0.370 e. The van der Waals surface area contributed by atoms with E-state index in [1.54, 1.807) is 18.5 Å². The van der Waals surface area contributed by atoms with Gasteiger partial charge in [-0.05, 0) is 61.4 Å². The van der Waals surface area contributed by atoms with Gasteiger partial charge >= 0.3 is 0 Å². The zero-order valence-corrected chi connectivity index (χ0v) is 19.5. The minimum atomic E-state index is -0.212. The van der Waals surface area contributed by atoms with Gasteiger partial charge in [0, 0.05) is 44.7 Å². The molecule has 2 amide bonds. The van der Waals surface area contributed by atoms with Gasteiger partial charge in [-0.15, -0.1) is 0 Å². The van der Waals surface area contributed by atoms with E-state index in [-0.39, 0.29) is 17.9 Å². The number of hydrogen-bond acceptors (Lipinski definition) is 5. The van der Waals surface area contributed by atoms with E-state index in [0.717, 1.165) is 49.2 Å². The number of benzene rings is 1. The molecule has 3 heterocycles. The van der Waals surface area contributed by atoms with Crippen LogP contribution >= 0.6 is 0 Å². The first-order chi connectivity index (χ1) is 16.6. The predicted octanol–water partition coefficient (Wildman–Crippen LogP) is 4.27. The fourth-order valence-electron chi connectivity index (χ4n) is 5.15. The van der Waals surface area contributed by atoms with Crippen LogP contribution in [0.2, 0.25) is 0 Å². The first-order valence-corrected chi connectivity index (χ1v) is 12.2. The summed E-state index contributed by atoms with van der Waals surface area (Å²) in [6, 6.07) is 7.36. The topological polar surface area (TPSA) is 98.1 Å². The molecule has 2 aromatic heterocycles. The Labute approximate surface area is 199 Å². The van der Waals surface area contributed by atoms with Crippen LogP contribution in [0, 0.1) is 5.92 Å². The number of nitrogens with one attached hydrogen (secondary N) is 2. The summed E-state index contributed by atoms with van der Waals surface area (Å²) in [6.45, 7) is 1.10. The molecule has 1 saturated carbocycles. The van der Waals surface area contributed by atoms with E-state index in [1.165, 1.54) is 12.8 Å². The Bertz CT molecular complexity index is 1180. The molecule has 0 spiro atoms. The summed E-state index contributed by atoms with van der Waals surface area (Å²) in [5, 5.41) is 6.02. The maximum atomic E-state index is 13.3. The van der Waals surface area contributed by atoms with Crippen molar-refractivity contribution in [3.63, 3.8) is 0 Å². The zero-order valence-electron chi connectivity index (χ0n) is 19.5. The molecule has 5 rings (SSSR count).